The summed E-state index contributed by atoms with van der Waals surface area (Å²) in [5.41, 5.74) is 2.62. The van der Waals surface area contributed by atoms with E-state index in [2.05, 4.69) is 53.1 Å². The maximum absolute atomic E-state index is 4.38. The summed E-state index contributed by atoms with van der Waals surface area (Å²) >= 11 is 0. The zero-order chi connectivity index (χ0) is 13.2. The molecule has 2 heterocycles. The lowest BCUT2D eigenvalue weighted by atomic mass is 9.99. The molecule has 0 bridgehead atoms. The number of hydrogen-bond acceptors (Lipinski definition) is 4. The Morgan fingerprint density at radius 3 is 2.83 bits per heavy atom. The van der Waals surface area contributed by atoms with E-state index in [1.165, 1.54) is 5.69 Å². The summed E-state index contributed by atoms with van der Waals surface area (Å²) in [5, 5.41) is 3.15. The van der Waals surface area contributed by atoms with Crippen LogP contribution in [0.5, 0.6) is 0 Å². The second kappa shape index (κ2) is 5.24. The van der Waals surface area contributed by atoms with Gasteiger partial charge in [-0.25, -0.2) is 0 Å². The lowest BCUT2D eigenvalue weighted by molar-refractivity contribution is 0.139. The number of nitrogens with zero attached hydrogens (tertiary/aromatic N) is 3. The first-order chi connectivity index (χ1) is 8.53. The molecule has 0 radical (unpaired) electrons. The van der Waals surface area contributed by atoms with Crippen LogP contribution in [-0.2, 0) is 6.54 Å². The van der Waals surface area contributed by atoms with Crippen LogP contribution in [0.15, 0.2) is 18.3 Å². The zero-order valence-corrected chi connectivity index (χ0v) is 11.9. The van der Waals surface area contributed by atoms with Gasteiger partial charge in [0.2, 0.25) is 0 Å². The van der Waals surface area contributed by atoms with Crippen molar-refractivity contribution in [2.75, 3.05) is 38.6 Å². The van der Waals surface area contributed by atoms with Crippen LogP contribution in [0.25, 0.3) is 0 Å². The first kappa shape index (κ1) is 13.3. The van der Waals surface area contributed by atoms with E-state index in [1.807, 2.05) is 13.2 Å². The molecule has 0 saturated carbocycles. The Morgan fingerprint density at radius 2 is 2.17 bits per heavy atom. The van der Waals surface area contributed by atoms with Gasteiger partial charge in [-0.05, 0) is 40.1 Å². The molecule has 1 aliphatic heterocycles. The fourth-order valence-corrected chi connectivity index (χ4v) is 2.40. The van der Waals surface area contributed by atoms with Crippen molar-refractivity contribution in [2.24, 2.45) is 0 Å². The van der Waals surface area contributed by atoms with Crippen molar-refractivity contribution in [2.45, 2.75) is 25.9 Å². The highest BCUT2D eigenvalue weighted by atomic mass is 15.3. The first-order valence-corrected chi connectivity index (χ1v) is 6.58. The largest absolute Gasteiger partial charge is 0.368 e. The predicted octanol–water partition coefficient (Wildman–Crippen LogP) is 1.33. The molecule has 0 unspecified atom stereocenters. The van der Waals surface area contributed by atoms with Crippen molar-refractivity contribution in [3.63, 3.8) is 0 Å². The molecule has 0 aliphatic carbocycles. The minimum atomic E-state index is 0.227. The van der Waals surface area contributed by atoms with Crippen LogP contribution in [-0.4, -0.2) is 49.2 Å². The number of pyridine rings is 1. The quantitative estimate of drug-likeness (QED) is 0.874. The Morgan fingerprint density at radius 1 is 1.39 bits per heavy atom. The highest BCUT2D eigenvalue weighted by Gasteiger charge is 2.31. The molecule has 18 heavy (non-hydrogen) atoms. The Labute approximate surface area is 110 Å². The normalized spacial score (nSPS) is 20.1. The summed E-state index contributed by atoms with van der Waals surface area (Å²) in [4.78, 5) is 9.26. The van der Waals surface area contributed by atoms with Crippen LogP contribution in [0.1, 0.15) is 19.5 Å². The maximum Gasteiger partial charge on any atom is 0.0562 e. The average molecular weight is 248 g/mol. The Hall–Kier alpha value is -1.13. The number of hydrogen-bond donors (Lipinski definition) is 1. The number of nitrogens with one attached hydrogen (secondary N) is 1. The van der Waals surface area contributed by atoms with Gasteiger partial charge in [-0.15, -0.1) is 0 Å². The van der Waals surface area contributed by atoms with Crippen LogP contribution in [0, 0.1) is 0 Å². The molecule has 0 aromatic carbocycles. The monoisotopic (exact) mass is 248 g/mol. The molecule has 1 aliphatic rings. The lowest BCUT2D eigenvalue weighted by Crippen LogP contribution is -2.57. The van der Waals surface area contributed by atoms with Crippen molar-refractivity contribution in [3.05, 3.63) is 24.0 Å². The second-order valence-corrected chi connectivity index (χ2v) is 5.69. The van der Waals surface area contributed by atoms with Gasteiger partial charge in [0.25, 0.3) is 0 Å². The molecule has 0 amide bonds. The SMILES string of the molecule is CNCc1cc(N2CCN(C)C(C)(C)C2)ccn1. The summed E-state index contributed by atoms with van der Waals surface area (Å²) in [7, 11) is 4.16. The van der Waals surface area contributed by atoms with Crippen LogP contribution in [0.4, 0.5) is 5.69 Å². The van der Waals surface area contributed by atoms with Gasteiger partial charge in [0.1, 0.15) is 0 Å². The van der Waals surface area contributed by atoms with E-state index in [1.54, 1.807) is 0 Å². The van der Waals surface area contributed by atoms with E-state index in [-0.39, 0.29) is 5.54 Å². The molecule has 4 nitrogen and oxygen atoms in total. The third kappa shape index (κ3) is 2.82. The molecule has 1 fully saturated rings. The van der Waals surface area contributed by atoms with Crippen LogP contribution in [0.2, 0.25) is 0 Å². The molecule has 0 atom stereocenters. The Balaban J connectivity index is 2.14. The number of likely N-dealkylation sites (N-methyl/N-ethyl adjacent to an activating group) is 1. The van der Waals surface area contributed by atoms with Crippen molar-refractivity contribution in [1.82, 2.24) is 15.2 Å². The number of anilines is 1. The summed E-state index contributed by atoms with van der Waals surface area (Å²) < 4.78 is 0. The summed E-state index contributed by atoms with van der Waals surface area (Å²) in [5.74, 6) is 0. The van der Waals surface area contributed by atoms with E-state index in [4.69, 9.17) is 0 Å². The standard InChI is InChI=1S/C14H24N4/c1-14(2)11-18(8-7-17(14)4)13-5-6-16-12(9-13)10-15-3/h5-6,9,15H,7-8,10-11H2,1-4H3. The summed E-state index contributed by atoms with van der Waals surface area (Å²) in [6, 6.07) is 4.30. The van der Waals surface area contributed by atoms with E-state index < -0.39 is 0 Å². The van der Waals surface area contributed by atoms with Gasteiger partial charge in [-0.1, -0.05) is 0 Å². The second-order valence-electron chi connectivity index (χ2n) is 5.69. The van der Waals surface area contributed by atoms with Crippen molar-refractivity contribution in [3.8, 4) is 0 Å². The minimum Gasteiger partial charge on any atom is -0.368 e. The van der Waals surface area contributed by atoms with Crippen LogP contribution >= 0.6 is 0 Å². The Kier molecular flexibility index (Phi) is 3.88. The molecular weight excluding hydrogens is 224 g/mol. The summed E-state index contributed by atoms with van der Waals surface area (Å²) in [6.07, 6.45) is 1.91. The highest BCUT2D eigenvalue weighted by Crippen LogP contribution is 2.24. The maximum atomic E-state index is 4.38. The van der Waals surface area contributed by atoms with Crippen molar-refractivity contribution < 1.29 is 0 Å². The van der Waals surface area contributed by atoms with E-state index >= 15 is 0 Å². The topological polar surface area (TPSA) is 31.4 Å². The van der Waals surface area contributed by atoms with Crippen molar-refractivity contribution in [1.29, 1.82) is 0 Å². The molecule has 2 rings (SSSR count). The zero-order valence-electron chi connectivity index (χ0n) is 11.9. The van der Waals surface area contributed by atoms with Crippen molar-refractivity contribution >= 4 is 5.69 Å². The van der Waals surface area contributed by atoms with Crippen LogP contribution in [0.3, 0.4) is 0 Å². The van der Waals surface area contributed by atoms with E-state index in [0.717, 1.165) is 31.9 Å². The van der Waals surface area contributed by atoms with Gasteiger partial charge in [0, 0.05) is 43.6 Å². The number of piperazine rings is 1. The molecular formula is C14H24N4. The smallest absolute Gasteiger partial charge is 0.0562 e. The van der Waals surface area contributed by atoms with E-state index in [0.29, 0.717) is 0 Å². The molecule has 100 valence electrons. The third-order valence-electron chi connectivity index (χ3n) is 3.84. The Bertz CT molecular complexity index is 403. The van der Waals surface area contributed by atoms with Gasteiger partial charge in [0.15, 0.2) is 0 Å². The molecule has 1 N–H and O–H groups in total. The average Bonchev–Trinajstić information content (AvgIpc) is 2.33. The third-order valence-corrected chi connectivity index (χ3v) is 3.84. The van der Waals surface area contributed by atoms with Gasteiger partial charge in [-0.3, -0.25) is 9.88 Å². The molecule has 0 spiro atoms. The molecule has 1 aromatic heterocycles. The first-order valence-electron chi connectivity index (χ1n) is 6.58. The van der Waals surface area contributed by atoms with Crippen LogP contribution < -0.4 is 10.2 Å². The number of aromatic nitrogens is 1. The minimum absolute atomic E-state index is 0.227. The van der Waals surface area contributed by atoms with Gasteiger partial charge >= 0.3 is 0 Å². The highest BCUT2D eigenvalue weighted by molar-refractivity contribution is 5.47. The molecule has 1 saturated heterocycles. The fraction of sp³-hybridized carbons (Fsp3) is 0.643. The van der Waals surface area contributed by atoms with Gasteiger partial charge in [0.05, 0.1) is 5.69 Å². The molecule has 1 aromatic rings. The number of rotatable bonds is 3. The van der Waals surface area contributed by atoms with E-state index in [9.17, 15) is 0 Å². The molecule has 4 heteroatoms. The van der Waals surface area contributed by atoms with Gasteiger partial charge < -0.3 is 10.2 Å². The summed E-state index contributed by atoms with van der Waals surface area (Å²) in [6.45, 7) is 8.68. The predicted molar refractivity (Wildman–Crippen MR) is 75.9 cm³/mol. The lowest BCUT2D eigenvalue weighted by Gasteiger charge is -2.46. The van der Waals surface area contributed by atoms with Gasteiger partial charge in [-0.2, -0.15) is 0 Å². The fourth-order valence-electron chi connectivity index (χ4n) is 2.40.